The Balaban J connectivity index is 2.65. The van der Waals surface area contributed by atoms with Crippen LogP contribution in [0.5, 0.6) is 0 Å². The SMILES string of the molecule is COC(=O)CN(C(C)C)C1CCCC1CN. The number of ether oxygens (including phenoxy) is 1. The largest absolute Gasteiger partial charge is 0.468 e. The Morgan fingerprint density at radius 1 is 1.50 bits per heavy atom. The van der Waals surface area contributed by atoms with Gasteiger partial charge in [-0.2, -0.15) is 0 Å². The zero-order valence-corrected chi connectivity index (χ0v) is 10.6. The summed E-state index contributed by atoms with van der Waals surface area (Å²) in [5.74, 6) is 0.378. The fraction of sp³-hybridized carbons (Fsp3) is 0.917. The molecular weight excluding hydrogens is 204 g/mol. The summed E-state index contributed by atoms with van der Waals surface area (Å²) in [6.07, 6.45) is 3.56. The number of carbonyl (C=O) groups excluding carboxylic acids is 1. The van der Waals surface area contributed by atoms with Crippen LogP contribution in [0.1, 0.15) is 33.1 Å². The van der Waals surface area contributed by atoms with Crippen molar-refractivity contribution in [2.24, 2.45) is 11.7 Å². The smallest absolute Gasteiger partial charge is 0.319 e. The van der Waals surface area contributed by atoms with Crippen molar-refractivity contribution in [1.29, 1.82) is 0 Å². The molecule has 1 aliphatic carbocycles. The molecule has 2 atom stereocenters. The molecule has 2 unspecified atom stereocenters. The fourth-order valence-corrected chi connectivity index (χ4v) is 2.63. The van der Waals surface area contributed by atoms with Crippen LogP contribution in [-0.2, 0) is 9.53 Å². The van der Waals surface area contributed by atoms with Gasteiger partial charge < -0.3 is 10.5 Å². The second-order valence-electron chi connectivity index (χ2n) is 4.84. The van der Waals surface area contributed by atoms with Crippen LogP contribution in [0.2, 0.25) is 0 Å². The average Bonchev–Trinajstić information content (AvgIpc) is 2.72. The lowest BCUT2D eigenvalue weighted by atomic mass is 10.0. The van der Waals surface area contributed by atoms with E-state index in [1.807, 2.05) is 0 Å². The maximum Gasteiger partial charge on any atom is 0.319 e. The van der Waals surface area contributed by atoms with Gasteiger partial charge in [-0.15, -0.1) is 0 Å². The number of hydrogen-bond donors (Lipinski definition) is 1. The molecule has 0 amide bonds. The van der Waals surface area contributed by atoms with Crippen molar-refractivity contribution >= 4 is 5.97 Å². The van der Waals surface area contributed by atoms with E-state index in [9.17, 15) is 4.79 Å². The van der Waals surface area contributed by atoms with Crippen LogP contribution in [0.25, 0.3) is 0 Å². The molecule has 94 valence electrons. The fourth-order valence-electron chi connectivity index (χ4n) is 2.63. The van der Waals surface area contributed by atoms with E-state index < -0.39 is 0 Å². The number of nitrogens with two attached hydrogens (primary N) is 1. The Hall–Kier alpha value is -0.610. The molecule has 0 radical (unpaired) electrons. The minimum Gasteiger partial charge on any atom is -0.468 e. The van der Waals surface area contributed by atoms with Gasteiger partial charge in [-0.3, -0.25) is 9.69 Å². The van der Waals surface area contributed by atoms with Gasteiger partial charge in [0.1, 0.15) is 0 Å². The van der Waals surface area contributed by atoms with Gasteiger partial charge >= 0.3 is 5.97 Å². The van der Waals surface area contributed by atoms with Crippen LogP contribution in [0.3, 0.4) is 0 Å². The molecule has 0 aromatic heterocycles. The zero-order valence-electron chi connectivity index (χ0n) is 10.6. The summed E-state index contributed by atoms with van der Waals surface area (Å²) in [4.78, 5) is 13.6. The number of hydrogen-bond acceptors (Lipinski definition) is 4. The summed E-state index contributed by atoms with van der Waals surface area (Å²) in [7, 11) is 1.44. The molecule has 0 aliphatic heterocycles. The molecule has 4 heteroatoms. The maximum absolute atomic E-state index is 11.4. The molecular formula is C12H24N2O2. The Bertz CT molecular complexity index is 231. The second-order valence-corrected chi connectivity index (χ2v) is 4.84. The van der Waals surface area contributed by atoms with E-state index in [1.165, 1.54) is 20.0 Å². The van der Waals surface area contributed by atoms with E-state index in [0.29, 0.717) is 24.5 Å². The predicted octanol–water partition coefficient (Wildman–Crippen LogP) is 0.997. The van der Waals surface area contributed by atoms with Crippen molar-refractivity contribution in [1.82, 2.24) is 4.90 Å². The third kappa shape index (κ3) is 3.19. The van der Waals surface area contributed by atoms with Gasteiger partial charge in [0, 0.05) is 12.1 Å². The van der Waals surface area contributed by atoms with Crippen molar-refractivity contribution in [3.63, 3.8) is 0 Å². The van der Waals surface area contributed by atoms with Gasteiger partial charge in [0.05, 0.1) is 13.7 Å². The lowest BCUT2D eigenvalue weighted by Gasteiger charge is -2.34. The number of esters is 1. The van der Waals surface area contributed by atoms with Crippen LogP contribution < -0.4 is 5.73 Å². The lowest BCUT2D eigenvalue weighted by Crippen LogP contribution is -2.47. The number of methoxy groups -OCH3 is 1. The standard InChI is InChI=1S/C12H24N2O2/c1-9(2)14(8-12(15)16-3)11-6-4-5-10(11)7-13/h9-11H,4-8,13H2,1-3H3. The Morgan fingerprint density at radius 2 is 2.19 bits per heavy atom. The molecule has 2 N–H and O–H groups in total. The third-order valence-electron chi connectivity index (χ3n) is 3.55. The van der Waals surface area contributed by atoms with Crippen LogP contribution in [-0.4, -0.2) is 43.2 Å². The van der Waals surface area contributed by atoms with E-state index in [4.69, 9.17) is 10.5 Å². The molecule has 0 aromatic carbocycles. The topological polar surface area (TPSA) is 55.6 Å². The summed E-state index contributed by atoms with van der Waals surface area (Å²) in [6, 6.07) is 0.806. The molecule has 0 bridgehead atoms. The Morgan fingerprint density at radius 3 is 2.69 bits per heavy atom. The van der Waals surface area contributed by atoms with Crippen LogP contribution in [0.4, 0.5) is 0 Å². The lowest BCUT2D eigenvalue weighted by molar-refractivity contribution is -0.143. The van der Waals surface area contributed by atoms with Gasteiger partial charge in [0.25, 0.3) is 0 Å². The molecule has 0 aromatic rings. The first kappa shape index (κ1) is 13.5. The summed E-state index contributed by atoms with van der Waals surface area (Å²) < 4.78 is 4.75. The molecule has 1 aliphatic rings. The number of carbonyl (C=O) groups is 1. The first-order valence-electron chi connectivity index (χ1n) is 6.12. The summed E-state index contributed by atoms with van der Waals surface area (Å²) >= 11 is 0. The zero-order chi connectivity index (χ0) is 12.1. The summed E-state index contributed by atoms with van der Waals surface area (Å²) in [5, 5.41) is 0. The molecule has 1 saturated carbocycles. The highest BCUT2D eigenvalue weighted by molar-refractivity contribution is 5.71. The summed E-state index contributed by atoms with van der Waals surface area (Å²) in [6.45, 7) is 5.34. The minimum atomic E-state index is -0.156. The Kier molecular flexibility index (Phi) is 5.22. The van der Waals surface area contributed by atoms with Gasteiger partial charge in [0.15, 0.2) is 0 Å². The summed E-state index contributed by atoms with van der Waals surface area (Å²) in [5.41, 5.74) is 5.78. The molecule has 0 saturated heterocycles. The quantitative estimate of drug-likeness (QED) is 0.713. The Labute approximate surface area is 98.1 Å². The van der Waals surface area contributed by atoms with Crippen molar-refractivity contribution in [3.8, 4) is 0 Å². The third-order valence-corrected chi connectivity index (χ3v) is 3.55. The second kappa shape index (κ2) is 6.21. The van der Waals surface area contributed by atoms with Crippen molar-refractivity contribution in [2.45, 2.75) is 45.2 Å². The van der Waals surface area contributed by atoms with E-state index in [1.54, 1.807) is 0 Å². The van der Waals surface area contributed by atoms with E-state index >= 15 is 0 Å². The monoisotopic (exact) mass is 228 g/mol. The molecule has 1 rings (SSSR count). The maximum atomic E-state index is 11.4. The molecule has 1 fully saturated rings. The highest BCUT2D eigenvalue weighted by atomic mass is 16.5. The van der Waals surface area contributed by atoms with Gasteiger partial charge in [-0.05, 0) is 39.2 Å². The van der Waals surface area contributed by atoms with Crippen LogP contribution >= 0.6 is 0 Å². The van der Waals surface area contributed by atoms with Gasteiger partial charge in [-0.25, -0.2) is 0 Å². The average molecular weight is 228 g/mol. The molecule has 0 heterocycles. The molecule has 4 nitrogen and oxygen atoms in total. The number of rotatable bonds is 5. The van der Waals surface area contributed by atoms with E-state index in [0.717, 1.165) is 13.0 Å². The molecule has 0 spiro atoms. The van der Waals surface area contributed by atoms with Gasteiger partial charge in [0.2, 0.25) is 0 Å². The first-order chi connectivity index (χ1) is 7.60. The first-order valence-corrected chi connectivity index (χ1v) is 6.12. The predicted molar refractivity (Wildman–Crippen MR) is 64.0 cm³/mol. The molecule has 16 heavy (non-hydrogen) atoms. The minimum absolute atomic E-state index is 0.156. The number of nitrogens with zero attached hydrogens (tertiary/aromatic N) is 1. The van der Waals surface area contributed by atoms with Crippen molar-refractivity contribution in [2.75, 3.05) is 20.2 Å². The van der Waals surface area contributed by atoms with Crippen molar-refractivity contribution < 1.29 is 9.53 Å². The van der Waals surface area contributed by atoms with Gasteiger partial charge in [-0.1, -0.05) is 6.42 Å². The highest BCUT2D eigenvalue weighted by Crippen LogP contribution is 2.30. The van der Waals surface area contributed by atoms with E-state index in [2.05, 4.69) is 18.7 Å². The normalized spacial score (nSPS) is 25.4. The highest BCUT2D eigenvalue weighted by Gasteiger charge is 2.33. The van der Waals surface area contributed by atoms with E-state index in [-0.39, 0.29) is 5.97 Å². The van der Waals surface area contributed by atoms with Crippen LogP contribution in [0, 0.1) is 5.92 Å². The van der Waals surface area contributed by atoms with Crippen molar-refractivity contribution in [3.05, 3.63) is 0 Å². The van der Waals surface area contributed by atoms with Crippen LogP contribution in [0.15, 0.2) is 0 Å².